The number of aryl methyl sites for hydroxylation is 1. The smallest absolute Gasteiger partial charge is 0.0222 e. The molecule has 1 unspecified atom stereocenters. The standard InChI is InChI=1S/C17H29BrN2/c1-5-20(6-2)11-7-8-15(4)19-13-16-10-9-14(3)12-17(16)18/h9-10,12,15,19H,5-8,11,13H2,1-4H3. The fraction of sp³-hybridized carbons (Fsp3) is 0.647. The Labute approximate surface area is 133 Å². The monoisotopic (exact) mass is 340 g/mol. The maximum Gasteiger partial charge on any atom is 0.0222 e. The van der Waals surface area contributed by atoms with Crippen LogP contribution in [-0.2, 0) is 6.54 Å². The molecule has 0 aromatic heterocycles. The van der Waals surface area contributed by atoms with E-state index >= 15 is 0 Å². The Morgan fingerprint density at radius 3 is 2.55 bits per heavy atom. The topological polar surface area (TPSA) is 15.3 Å². The molecule has 1 rings (SSSR count). The number of rotatable bonds is 9. The molecule has 1 N–H and O–H groups in total. The summed E-state index contributed by atoms with van der Waals surface area (Å²) in [6.45, 7) is 13.4. The van der Waals surface area contributed by atoms with Crippen LogP contribution in [0.2, 0.25) is 0 Å². The lowest BCUT2D eigenvalue weighted by Crippen LogP contribution is -2.28. The van der Waals surface area contributed by atoms with Crippen LogP contribution in [0.15, 0.2) is 22.7 Å². The molecule has 0 aliphatic heterocycles. The predicted molar refractivity (Wildman–Crippen MR) is 92.2 cm³/mol. The molecule has 1 atom stereocenters. The molecular formula is C17H29BrN2. The van der Waals surface area contributed by atoms with Crippen molar-refractivity contribution in [3.05, 3.63) is 33.8 Å². The van der Waals surface area contributed by atoms with Crippen molar-refractivity contribution in [1.29, 1.82) is 0 Å². The summed E-state index contributed by atoms with van der Waals surface area (Å²) in [6.07, 6.45) is 2.50. The third-order valence-electron chi connectivity index (χ3n) is 3.86. The highest BCUT2D eigenvalue weighted by Crippen LogP contribution is 2.18. The van der Waals surface area contributed by atoms with Crippen LogP contribution < -0.4 is 5.32 Å². The first-order valence-electron chi connectivity index (χ1n) is 7.77. The minimum atomic E-state index is 0.568. The van der Waals surface area contributed by atoms with Crippen molar-refractivity contribution in [2.75, 3.05) is 19.6 Å². The van der Waals surface area contributed by atoms with E-state index in [1.54, 1.807) is 0 Å². The second-order valence-electron chi connectivity index (χ2n) is 5.55. The van der Waals surface area contributed by atoms with Gasteiger partial charge in [0.15, 0.2) is 0 Å². The summed E-state index contributed by atoms with van der Waals surface area (Å²) in [4.78, 5) is 2.49. The average Bonchev–Trinajstić information content (AvgIpc) is 2.42. The summed E-state index contributed by atoms with van der Waals surface area (Å²) in [5, 5.41) is 3.62. The minimum Gasteiger partial charge on any atom is -0.310 e. The quantitative estimate of drug-likeness (QED) is 0.718. The summed E-state index contributed by atoms with van der Waals surface area (Å²) in [5.41, 5.74) is 2.64. The first kappa shape index (κ1) is 17.7. The normalized spacial score (nSPS) is 12.9. The molecule has 1 aromatic carbocycles. The van der Waals surface area contributed by atoms with Gasteiger partial charge in [-0.15, -0.1) is 0 Å². The van der Waals surface area contributed by atoms with E-state index in [1.165, 1.54) is 35.0 Å². The zero-order chi connectivity index (χ0) is 15.0. The third-order valence-corrected chi connectivity index (χ3v) is 4.59. The van der Waals surface area contributed by atoms with Crippen LogP contribution in [0.25, 0.3) is 0 Å². The van der Waals surface area contributed by atoms with E-state index in [0.29, 0.717) is 6.04 Å². The molecule has 0 radical (unpaired) electrons. The van der Waals surface area contributed by atoms with Crippen molar-refractivity contribution >= 4 is 15.9 Å². The Kier molecular flexibility index (Phi) is 8.43. The van der Waals surface area contributed by atoms with Crippen molar-refractivity contribution < 1.29 is 0 Å². The van der Waals surface area contributed by atoms with Crippen LogP contribution in [-0.4, -0.2) is 30.6 Å². The third kappa shape index (κ3) is 6.38. The van der Waals surface area contributed by atoms with Gasteiger partial charge in [-0.2, -0.15) is 0 Å². The summed E-state index contributed by atoms with van der Waals surface area (Å²) < 4.78 is 1.21. The molecule has 1 aromatic rings. The number of benzene rings is 1. The fourth-order valence-electron chi connectivity index (χ4n) is 2.34. The SMILES string of the molecule is CCN(CC)CCCC(C)NCc1ccc(C)cc1Br. The molecule has 0 spiro atoms. The zero-order valence-corrected chi connectivity index (χ0v) is 15.0. The maximum absolute atomic E-state index is 3.64. The second-order valence-corrected chi connectivity index (χ2v) is 6.40. The van der Waals surface area contributed by atoms with Crippen LogP contribution >= 0.6 is 15.9 Å². The van der Waals surface area contributed by atoms with Gasteiger partial charge in [-0.25, -0.2) is 0 Å². The van der Waals surface area contributed by atoms with Gasteiger partial charge in [-0.05, 0) is 63.5 Å². The van der Waals surface area contributed by atoms with Crippen LogP contribution in [0, 0.1) is 6.92 Å². The van der Waals surface area contributed by atoms with Gasteiger partial charge >= 0.3 is 0 Å². The Morgan fingerprint density at radius 1 is 1.25 bits per heavy atom. The molecule has 0 aliphatic carbocycles. The van der Waals surface area contributed by atoms with Gasteiger partial charge in [-0.1, -0.05) is 41.9 Å². The number of nitrogens with one attached hydrogen (secondary N) is 1. The Morgan fingerprint density at radius 2 is 1.95 bits per heavy atom. The highest BCUT2D eigenvalue weighted by Gasteiger charge is 2.05. The Hall–Kier alpha value is -0.380. The lowest BCUT2D eigenvalue weighted by Gasteiger charge is -2.20. The summed E-state index contributed by atoms with van der Waals surface area (Å²) in [7, 11) is 0. The fourth-order valence-corrected chi connectivity index (χ4v) is 2.98. The average molecular weight is 341 g/mol. The Balaban J connectivity index is 2.27. The predicted octanol–water partition coefficient (Wildman–Crippen LogP) is 4.36. The van der Waals surface area contributed by atoms with Crippen LogP contribution in [0.1, 0.15) is 44.7 Å². The number of hydrogen-bond donors (Lipinski definition) is 1. The van der Waals surface area contributed by atoms with Gasteiger partial charge in [0.2, 0.25) is 0 Å². The molecule has 2 nitrogen and oxygen atoms in total. The van der Waals surface area contributed by atoms with E-state index in [2.05, 4.69) is 72.0 Å². The molecule has 114 valence electrons. The minimum absolute atomic E-state index is 0.568. The molecule has 0 saturated heterocycles. The first-order chi connectivity index (χ1) is 9.56. The summed E-state index contributed by atoms with van der Waals surface area (Å²) in [6, 6.07) is 7.13. The highest BCUT2D eigenvalue weighted by atomic mass is 79.9. The molecule has 0 fully saturated rings. The van der Waals surface area contributed by atoms with Crippen molar-refractivity contribution in [1.82, 2.24) is 10.2 Å². The summed E-state index contributed by atoms with van der Waals surface area (Å²) in [5.74, 6) is 0. The molecule has 0 amide bonds. The van der Waals surface area contributed by atoms with E-state index in [-0.39, 0.29) is 0 Å². The lowest BCUT2D eigenvalue weighted by atomic mass is 10.1. The van der Waals surface area contributed by atoms with E-state index in [4.69, 9.17) is 0 Å². The molecule has 0 bridgehead atoms. The molecule has 0 aliphatic rings. The largest absolute Gasteiger partial charge is 0.310 e. The second kappa shape index (κ2) is 9.54. The van der Waals surface area contributed by atoms with E-state index < -0.39 is 0 Å². The molecular weight excluding hydrogens is 312 g/mol. The number of hydrogen-bond acceptors (Lipinski definition) is 2. The van der Waals surface area contributed by atoms with Crippen molar-refractivity contribution in [2.45, 2.75) is 53.1 Å². The zero-order valence-electron chi connectivity index (χ0n) is 13.4. The lowest BCUT2D eigenvalue weighted by molar-refractivity contribution is 0.290. The van der Waals surface area contributed by atoms with Crippen molar-refractivity contribution in [3.63, 3.8) is 0 Å². The van der Waals surface area contributed by atoms with Crippen molar-refractivity contribution in [2.24, 2.45) is 0 Å². The van der Waals surface area contributed by atoms with Gasteiger partial charge in [0.1, 0.15) is 0 Å². The summed E-state index contributed by atoms with van der Waals surface area (Å²) >= 11 is 3.64. The van der Waals surface area contributed by atoms with Gasteiger partial charge in [0, 0.05) is 17.1 Å². The Bertz CT molecular complexity index is 389. The van der Waals surface area contributed by atoms with Gasteiger partial charge in [-0.3, -0.25) is 0 Å². The molecule has 3 heteroatoms. The van der Waals surface area contributed by atoms with E-state index in [0.717, 1.165) is 19.6 Å². The van der Waals surface area contributed by atoms with Crippen LogP contribution in [0.4, 0.5) is 0 Å². The van der Waals surface area contributed by atoms with Crippen LogP contribution in [0.5, 0.6) is 0 Å². The van der Waals surface area contributed by atoms with Crippen molar-refractivity contribution in [3.8, 4) is 0 Å². The number of halogens is 1. The van der Waals surface area contributed by atoms with Gasteiger partial charge in [0.05, 0.1) is 0 Å². The number of nitrogens with zero attached hydrogens (tertiary/aromatic N) is 1. The van der Waals surface area contributed by atoms with Gasteiger partial charge < -0.3 is 10.2 Å². The first-order valence-corrected chi connectivity index (χ1v) is 8.56. The molecule has 20 heavy (non-hydrogen) atoms. The highest BCUT2D eigenvalue weighted by molar-refractivity contribution is 9.10. The van der Waals surface area contributed by atoms with E-state index in [1.807, 2.05) is 0 Å². The van der Waals surface area contributed by atoms with Gasteiger partial charge in [0.25, 0.3) is 0 Å². The maximum atomic E-state index is 3.64. The molecule has 0 heterocycles. The van der Waals surface area contributed by atoms with E-state index in [9.17, 15) is 0 Å². The molecule has 0 saturated carbocycles. The van der Waals surface area contributed by atoms with Crippen LogP contribution in [0.3, 0.4) is 0 Å².